The van der Waals surface area contributed by atoms with E-state index in [9.17, 15) is 52.7 Å². The van der Waals surface area contributed by atoms with Gasteiger partial charge in [0, 0.05) is 15.9 Å². The molecule has 0 saturated heterocycles. The summed E-state index contributed by atoms with van der Waals surface area (Å²) in [5.74, 6) is -71.4. The number of hydrogen-bond acceptors (Lipinski definition) is 2. The lowest BCUT2D eigenvalue weighted by atomic mass is 9.12. The van der Waals surface area contributed by atoms with Crippen molar-refractivity contribution in [2.45, 2.75) is 6.10 Å². The molecule has 65 heavy (non-hydrogen) atoms. The number of aromatic nitrogens is 2. The summed E-state index contributed by atoms with van der Waals surface area (Å²) in [5, 5.41) is 0. The molecule has 0 radical (unpaired) electrons. The van der Waals surface area contributed by atoms with E-state index in [0.717, 1.165) is 0 Å². The van der Waals surface area contributed by atoms with Gasteiger partial charge in [-0.15, -0.1) is 21.9 Å². The van der Waals surface area contributed by atoms with Gasteiger partial charge < -0.3 is 0 Å². The Hall–Kier alpha value is -7.14. The number of hydrogen-bond donors (Lipinski definition) is 0. The second-order valence-corrected chi connectivity index (χ2v) is 13.6. The van der Waals surface area contributed by atoms with Crippen molar-refractivity contribution < 1.29 is 97.4 Å². The summed E-state index contributed by atoms with van der Waals surface area (Å²) < 4.78 is 296. The molecule has 1 aliphatic rings. The van der Waals surface area contributed by atoms with Gasteiger partial charge in [0.1, 0.15) is 52.7 Å². The van der Waals surface area contributed by atoms with E-state index in [1.54, 1.807) is 17.1 Å². The highest BCUT2D eigenvalue weighted by Gasteiger charge is 2.52. The third-order valence-corrected chi connectivity index (χ3v) is 10.3. The van der Waals surface area contributed by atoms with Crippen molar-refractivity contribution in [3.63, 3.8) is 0 Å². The predicted octanol–water partition coefficient (Wildman–Crippen LogP) is 8.41. The van der Waals surface area contributed by atoms with Crippen LogP contribution in [-0.2, 0) is 0 Å². The van der Waals surface area contributed by atoms with Crippen molar-refractivity contribution in [3.8, 4) is 11.1 Å². The molecule has 0 spiro atoms. The van der Waals surface area contributed by atoms with E-state index >= 15 is 35.1 Å². The van der Waals surface area contributed by atoms with Gasteiger partial charge in [-0.25, -0.2) is 87.8 Å². The lowest BCUT2D eigenvalue weighted by molar-refractivity contribution is -0.899. The minimum absolute atomic E-state index is 0.0743. The van der Waals surface area contributed by atoms with Crippen LogP contribution in [0.15, 0.2) is 73.3 Å². The first-order chi connectivity index (χ1) is 30.6. The second-order valence-electron chi connectivity index (χ2n) is 13.6. The summed E-state index contributed by atoms with van der Waals surface area (Å²) in [6, 6.07) is 16.8. The molecule has 8 rings (SSSR count). The highest BCUT2D eigenvalue weighted by atomic mass is 19.2. The van der Waals surface area contributed by atoms with Crippen LogP contribution in [0.5, 0.6) is 0 Å². The molecular formula is C41H13BF20N2O. The van der Waals surface area contributed by atoms with Crippen LogP contribution in [-0.4, -0.2) is 11.1 Å². The fraction of sp³-hybridized carbons (Fsp3) is 0.0244. The minimum Gasteiger partial charge on any atom is -0.258 e. The molecule has 0 amide bonds. The van der Waals surface area contributed by atoms with Crippen LogP contribution in [0.2, 0.25) is 0 Å². The van der Waals surface area contributed by atoms with Crippen LogP contribution >= 0.6 is 0 Å². The van der Waals surface area contributed by atoms with E-state index in [0.29, 0.717) is 0 Å². The average molecular weight is 940 g/mol. The first-order valence-electron chi connectivity index (χ1n) is 17.5. The zero-order valence-corrected chi connectivity index (χ0v) is 30.9. The van der Waals surface area contributed by atoms with Gasteiger partial charge in [0.15, 0.2) is 69.8 Å². The third-order valence-electron chi connectivity index (χ3n) is 10.3. The van der Waals surface area contributed by atoms with Gasteiger partial charge in [-0.1, -0.05) is 48.5 Å². The number of nitrogens with zero attached hydrogens (tertiary/aromatic N) is 2. The maximum absolute atomic E-state index is 15.4. The van der Waals surface area contributed by atoms with E-state index in [1.807, 2.05) is 12.4 Å². The lowest BCUT2D eigenvalue weighted by Crippen LogP contribution is -2.81. The van der Waals surface area contributed by atoms with Gasteiger partial charge in [0.2, 0.25) is 18.5 Å². The topological polar surface area (TPSA) is 26.0 Å². The predicted molar refractivity (Wildman–Crippen MR) is 184 cm³/mol. The van der Waals surface area contributed by atoms with Crippen molar-refractivity contribution in [1.29, 1.82) is 0 Å². The molecular weight excluding hydrogens is 927 g/mol. The van der Waals surface area contributed by atoms with E-state index in [-0.39, 0.29) is 6.10 Å². The van der Waals surface area contributed by atoms with Crippen LogP contribution in [0, 0.1) is 116 Å². The highest BCUT2D eigenvalue weighted by molar-refractivity contribution is 7.20. The molecule has 0 atom stereocenters. The van der Waals surface area contributed by atoms with Crippen molar-refractivity contribution in [2.75, 3.05) is 0 Å². The Morgan fingerprint density at radius 2 is 0.569 bits per heavy atom. The molecule has 1 aromatic heterocycles. The van der Waals surface area contributed by atoms with Crippen LogP contribution < -0.4 is 31.4 Å². The Kier molecular flexibility index (Phi) is 11.8. The molecule has 336 valence electrons. The van der Waals surface area contributed by atoms with Crippen molar-refractivity contribution >= 4 is 28.0 Å². The largest absolute Gasteiger partial charge is 0.258 e. The molecule has 0 fully saturated rings. The van der Waals surface area contributed by atoms with Crippen LogP contribution in [0.25, 0.3) is 11.1 Å². The summed E-state index contributed by atoms with van der Waals surface area (Å²) in [5.41, 5.74) is -9.41. The molecule has 0 aliphatic heterocycles. The van der Waals surface area contributed by atoms with Gasteiger partial charge in [-0.05, 0) is 11.1 Å². The van der Waals surface area contributed by atoms with Crippen LogP contribution in [0.4, 0.5) is 87.8 Å². The zero-order chi connectivity index (χ0) is 47.7. The van der Waals surface area contributed by atoms with Gasteiger partial charge in [0.05, 0.1) is 12.4 Å². The number of benzene rings is 6. The third kappa shape index (κ3) is 6.78. The standard InChI is InChI=1S/C24BF20.C17H13N2O/c26-5-1(6(27)14(35)21(42)13(5)34)25(2-7(28)15(36)22(43)16(37)8(2)29,3-9(30)17(38)23(44)18(39)10(3)31)4-11(32)19(40)24(45)20(41)12(4)33;1-3-7-15-13(5-1)14-6-2-4-8-16(14)17(15)20-19-11-9-18-10-12-19/h;1-12,17H/q-1;+1. The van der Waals surface area contributed by atoms with Crippen molar-refractivity contribution in [3.05, 3.63) is 201 Å². The lowest BCUT2D eigenvalue weighted by Gasteiger charge is -2.44. The van der Waals surface area contributed by atoms with E-state index < -0.39 is 144 Å². The molecule has 3 nitrogen and oxygen atoms in total. The molecule has 0 saturated carbocycles. The van der Waals surface area contributed by atoms with E-state index in [2.05, 4.69) is 53.5 Å². The maximum atomic E-state index is 15.4. The molecule has 1 heterocycles. The van der Waals surface area contributed by atoms with Crippen LogP contribution in [0.3, 0.4) is 0 Å². The van der Waals surface area contributed by atoms with Crippen molar-refractivity contribution in [2.24, 2.45) is 0 Å². The Bertz CT molecular complexity index is 2670. The van der Waals surface area contributed by atoms with Gasteiger partial charge in [-0.3, -0.25) is 9.82 Å². The van der Waals surface area contributed by atoms with Gasteiger partial charge in [0.25, 0.3) is 0 Å². The maximum Gasteiger partial charge on any atom is 0.240 e. The monoisotopic (exact) mass is 940 g/mol. The highest BCUT2D eigenvalue weighted by Crippen LogP contribution is 2.43. The smallest absolute Gasteiger partial charge is 0.240 e. The summed E-state index contributed by atoms with van der Waals surface area (Å²) in [6.45, 7) is 0. The average Bonchev–Trinajstić information content (AvgIpc) is 3.62. The first kappa shape index (κ1) is 45.9. The normalized spacial score (nSPS) is 12.2. The summed E-state index contributed by atoms with van der Waals surface area (Å²) in [7, 11) is 0. The molecule has 0 N–H and O–H groups in total. The zero-order valence-electron chi connectivity index (χ0n) is 30.9. The fourth-order valence-electron chi connectivity index (χ4n) is 7.60. The van der Waals surface area contributed by atoms with Gasteiger partial charge >= 0.3 is 0 Å². The quantitative estimate of drug-likeness (QED) is 0.0551. The Labute approximate surface area is 348 Å². The Balaban J connectivity index is 0.000000258. The molecule has 7 aromatic rings. The molecule has 0 bridgehead atoms. The van der Waals surface area contributed by atoms with Crippen LogP contribution in [0.1, 0.15) is 17.2 Å². The number of rotatable bonds is 6. The summed E-state index contributed by atoms with van der Waals surface area (Å²) in [6.07, 6.45) is -0.243. The first-order valence-corrected chi connectivity index (χ1v) is 17.5. The molecule has 1 aliphatic carbocycles. The SMILES string of the molecule is Fc1c(F)c(F)c([B-](c2c(F)c(F)c(F)c(F)c2F)(c2c(F)c(F)c(F)c(F)c2F)c2c(F)c(F)c(F)c(F)c2F)c(F)c1F.c1ccc2c(c1)-c1ccccc1C2O[n+]1ccncc1. The van der Waals surface area contributed by atoms with Crippen molar-refractivity contribution in [1.82, 2.24) is 4.98 Å². The minimum atomic E-state index is -7.22. The Morgan fingerprint density at radius 3 is 0.831 bits per heavy atom. The number of halogens is 20. The molecule has 6 aromatic carbocycles. The fourth-order valence-corrected chi connectivity index (χ4v) is 7.60. The van der Waals surface area contributed by atoms with E-state index in [4.69, 9.17) is 4.84 Å². The Morgan fingerprint density at radius 1 is 0.338 bits per heavy atom. The summed E-state index contributed by atoms with van der Waals surface area (Å²) >= 11 is 0. The molecule has 0 unspecified atom stereocenters. The number of fused-ring (bicyclic) bond motifs is 3. The second kappa shape index (κ2) is 16.8. The van der Waals surface area contributed by atoms with E-state index in [1.165, 1.54) is 22.3 Å². The molecule has 24 heteroatoms. The summed E-state index contributed by atoms with van der Waals surface area (Å²) in [4.78, 5) is 10.1. The van der Waals surface area contributed by atoms with Gasteiger partial charge in [-0.2, -0.15) is 0 Å².